The first-order valence-corrected chi connectivity index (χ1v) is 13.4. The molecule has 2 heterocycles. The van der Waals surface area contributed by atoms with Gasteiger partial charge in [0.15, 0.2) is 0 Å². The molecule has 0 amide bonds. The third kappa shape index (κ3) is 3.72. The van der Waals surface area contributed by atoms with Gasteiger partial charge in [0.05, 0.1) is 29.3 Å². The molecule has 5 rings (SSSR count). The molecule has 0 unspecified atom stereocenters. The van der Waals surface area contributed by atoms with E-state index in [1.54, 1.807) is 37.3 Å². The smallest absolute Gasteiger partial charge is 0.338 e. The van der Waals surface area contributed by atoms with Crippen LogP contribution in [-0.4, -0.2) is 69.8 Å². The van der Waals surface area contributed by atoms with Crippen molar-refractivity contribution in [1.82, 2.24) is 0 Å². The normalized spacial score (nSPS) is 46.0. The molecule has 9 nitrogen and oxygen atoms in total. The fraction of sp³-hybridized carbons (Fsp3) is 0.690. The Morgan fingerprint density at radius 1 is 0.974 bits per heavy atom. The number of fused-ring (bicyclic) bond motifs is 3. The van der Waals surface area contributed by atoms with Gasteiger partial charge in [0.25, 0.3) is 0 Å². The van der Waals surface area contributed by atoms with Gasteiger partial charge in [-0.15, -0.1) is 0 Å². The molecule has 2 saturated heterocycles. The Bertz CT molecular complexity index is 1130. The lowest BCUT2D eigenvalue weighted by molar-refractivity contribution is -0.363. The van der Waals surface area contributed by atoms with Crippen LogP contribution in [0.5, 0.6) is 0 Å². The van der Waals surface area contributed by atoms with E-state index in [-0.39, 0.29) is 37.8 Å². The van der Waals surface area contributed by atoms with E-state index in [2.05, 4.69) is 0 Å². The number of hydrogen-bond donors (Lipinski definition) is 2. The Hall–Kier alpha value is -2.49. The van der Waals surface area contributed by atoms with Crippen LogP contribution in [0.2, 0.25) is 0 Å². The van der Waals surface area contributed by atoms with Crippen molar-refractivity contribution in [2.45, 2.75) is 102 Å². The van der Waals surface area contributed by atoms with Gasteiger partial charge in [-0.2, -0.15) is 0 Å². The quantitative estimate of drug-likeness (QED) is 0.448. The summed E-state index contributed by atoms with van der Waals surface area (Å²) in [5.41, 5.74) is -5.21. The Morgan fingerprint density at radius 2 is 1.63 bits per heavy atom. The van der Waals surface area contributed by atoms with Gasteiger partial charge in [0.1, 0.15) is 24.4 Å². The summed E-state index contributed by atoms with van der Waals surface area (Å²) in [4.78, 5) is 37.9. The Balaban J connectivity index is 1.64. The summed E-state index contributed by atoms with van der Waals surface area (Å²) in [5, 5.41) is 22.9. The Kier molecular flexibility index (Phi) is 6.25. The van der Waals surface area contributed by atoms with Crippen LogP contribution in [0.3, 0.4) is 0 Å². The highest BCUT2D eigenvalue weighted by atomic mass is 16.6. The maximum Gasteiger partial charge on any atom is 0.338 e. The topological polar surface area (TPSA) is 129 Å². The predicted molar refractivity (Wildman–Crippen MR) is 134 cm³/mol. The highest BCUT2D eigenvalue weighted by molar-refractivity contribution is 5.89. The van der Waals surface area contributed by atoms with Crippen LogP contribution < -0.4 is 0 Å². The second-order valence-corrected chi connectivity index (χ2v) is 12.5. The summed E-state index contributed by atoms with van der Waals surface area (Å²) in [6, 6.07) is 8.62. The summed E-state index contributed by atoms with van der Waals surface area (Å²) >= 11 is 0. The van der Waals surface area contributed by atoms with Crippen molar-refractivity contribution in [1.29, 1.82) is 0 Å². The fourth-order valence-electron chi connectivity index (χ4n) is 8.10. The number of rotatable bonds is 3. The van der Waals surface area contributed by atoms with Gasteiger partial charge >= 0.3 is 17.9 Å². The molecule has 1 spiro atoms. The third-order valence-corrected chi connectivity index (χ3v) is 10.5. The molecule has 4 aliphatic rings. The number of cyclic esters (lactones) is 1. The van der Waals surface area contributed by atoms with Crippen molar-refractivity contribution in [2.24, 2.45) is 16.7 Å². The molecule has 1 aromatic rings. The lowest BCUT2D eigenvalue weighted by atomic mass is 9.39. The third-order valence-electron chi connectivity index (χ3n) is 10.5. The van der Waals surface area contributed by atoms with Gasteiger partial charge in [-0.1, -0.05) is 32.0 Å². The molecular formula is C29H38O9. The predicted octanol–water partition coefficient (Wildman–Crippen LogP) is 2.95. The van der Waals surface area contributed by atoms with Crippen LogP contribution in [0.4, 0.5) is 0 Å². The molecule has 2 aliphatic heterocycles. The van der Waals surface area contributed by atoms with Gasteiger partial charge in [0, 0.05) is 30.6 Å². The first-order chi connectivity index (χ1) is 17.7. The number of esters is 3. The number of carbonyl (C=O) groups is 3. The summed E-state index contributed by atoms with van der Waals surface area (Å²) < 4.78 is 24.3. The maximum absolute atomic E-state index is 13.3. The summed E-state index contributed by atoms with van der Waals surface area (Å²) in [5.74, 6) is -1.75. The minimum atomic E-state index is -1.62. The van der Waals surface area contributed by atoms with Crippen molar-refractivity contribution in [3.8, 4) is 0 Å². The van der Waals surface area contributed by atoms with Crippen molar-refractivity contribution >= 4 is 17.9 Å². The van der Waals surface area contributed by atoms with Gasteiger partial charge in [0.2, 0.25) is 0 Å². The van der Waals surface area contributed by atoms with Crippen molar-refractivity contribution in [3.63, 3.8) is 0 Å². The number of carbonyl (C=O) groups excluding carboxylic acids is 3. The molecule has 0 radical (unpaired) electrons. The Labute approximate surface area is 222 Å². The zero-order valence-corrected chi connectivity index (χ0v) is 22.7. The molecule has 9 heteroatoms. The van der Waals surface area contributed by atoms with E-state index < -0.39 is 57.9 Å². The lowest BCUT2D eigenvalue weighted by Crippen LogP contribution is -2.79. The van der Waals surface area contributed by atoms with Gasteiger partial charge < -0.3 is 29.2 Å². The monoisotopic (exact) mass is 530 g/mol. The fourth-order valence-corrected chi connectivity index (χ4v) is 8.10. The molecule has 2 saturated carbocycles. The first kappa shape index (κ1) is 27.1. The van der Waals surface area contributed by atoms with Gasteiger partial charge in [-0.25, -0.2) is 4.79 Å². The average molecular weight is 531 g/mol. The molecule has 9 atom stereocenters. The SMILES string of the molecule is CC(=O)O[C@H]1C[C@@]2(COC(=O)C2)O[C@@]2(C)C[C@H](OC(=O)c3ccccc3)[C@]3(C)[C@H](CC[C@H](O)[C@]3(C)O)[C@@]12C. The van der Waals surface area contributed by atoms with Crippen molar-refractivity contribution in [3.05, 3.63) is 35.9 Å². The molecule has 4 fully saturated rings. The highest BCUT2D eigenvalue weighted by Crippen LogP contribution is 2.69. The lowest BCUT2D eigenvalue weighted by Gasteiger charge is -2.71. The zero-order chi connectivity index (χ0) is 27.7. The van der Waals surface area contributed by atoms with Gasteiger partial charge in [-0.3, -0.25) is 9.59 Å². The molecule has 0 bridgehead atoms. The van der Waals surface area contributed by atoms with Crippen LogP contribution in [0.1, 0.15) is 77.1 Å². The summed E-state index contributed by atoms with van der Waals surface area (Å²) in [6.45, 7) is 8.75. The van der Waals surface area contributed by atoms with E-state index in [1.807, 2.05) is 20.8 Å². The zero-order valence-electron chi connectivity index (χ0n) is 22.7. The molecule has 38 heavy (non-hydrogen) atoms. The van der Waals surface area contributed by atoms with Crippen molar-refractivity contribution < 1.29 is 43.5 Å². The number of benzene rings is 1. The second-order valence-electron chi connectivity index (χ2n) is 12.5. The van der Waals surface area contributed by atoms with Gasteiger partial charge in [-0.05, 0) is 44.7 Å². The second kappa shape index (κ2) is 8.76. The molecule has 0 aromatic heterocycles. The number of aliphatic hydroxyl groups excluding tert-OH is 1. The maximum atomic E-state index is 13.3. The summed E-state index contributed by atoms with van der Waals surface area (Å²) in [7, 11) is 0. The number of hydrogen-bond acceptors (Lipinski definition) is 9. The number of aliphatic hydroxyl groups is 2. The first-order valence-electron chi connectivity index (χ1n) is 13.4. The average Bonchev–Trinajstić information content (AvgIpc) is 3.19. The van der Waals surface area contributed by atoms with Crippen LogP contribution in [0, 0.1) is 16.7 Å². The number of ether oxygens (including phenoxy) is 4. The van der Waals surface area contributed by atoms with Crippen LogP contribution >= 0.6 is 0 Å². The van der Waals surface area contributed by atoms with Crippen LogP contribution in [-0.2, 0) is 28.5 Å². The van der Waals surface area contributed by atoms with E-state index in [0.717, 1.165) is 0 Å². The molecule has 1 aromatic carbocycles. The van der Waals surface area contributed by atoms with Crippen molar-refractivity contribution in [2.75, 3.05) is 6.61 Å². The van der Waals surface area contributed by atoms with E-state index in [1.165, 1.54) is 6.92 Å². The Morgan fingerprint density at radius 3 is 2.24 bits per heavy atom. The summed E-state index contributed by atoms with van der Waals surface area (Å²) in [6.07, 6.45) is -1.30. The van der Waals surface area contributed by atoms with Crippen LogP contribution in [0.15, 0.2) is 30.3 Å². The molecular weight excluding hydrogens is 492 g/mol. The van der Waals surface area contributed by atoms with Crippen LogP contribution in [0.25, 0.3) is 0 Å². The van der Waals surface area contributed by atoms with E-state index >= 15 is 0 Å². The molecule has 2 aliphatic carbocycles. The minimum Gasteiger partial charge on any atom is -0.462 e. The van der Waals surface area contributed by atoms with E-state index in [0.29, 0.717) is 18.4 Å². The largest absolute Gasteiger partial charge is 0.462 e. The highest BCUT2D eigenvalue weighted by Gasteiger charge is 2.77. The minimum absolute atomic E-state index is 0.0310. The molecule has 2 N–H and O–H groups in total. The van der Waals surface area contributed by atoms with E-state index in [9.17, 15) is 24.6 Å². The standard InChI is InChI=1S/C29H38O9/c1-17(30)36-22-14-29(15-23(32)35-16-29)38-25(2)13-21(37-24(33)18-9-7-6-8-10-18)27(4)19(26(22,25)3)11-12-20(31)28(27,5)34/h6-10,19-22,31,34H,11-16H2,1-5H3/t19-,20+,21+,22+,25+,26+,27+,28+,29-/m1/s1. The molecule has 208 valence electrons. The van der Waals surface area contributed by atoms with E-state index in [4.69, 9.17) is 18.9 Å².